The lowest BCUT2D eigenvalue weighted by Crippen LogP contribution is -2.31. The fraction of sp³-hybridized carbons (Fsp3) is 0.571. The maximum absolute atomic E-state index is 13.4. The molecule has 0 aliphatic rings. The van der Waals surface area contributed by atoms with Crippen LogP contribution in [0.25, 0.3) is 0 Å². The zero-order valence-corrected chi connectivity index (χ0v) is 10.5. The Morgan fingerprint density at radius 3 is 2.59 bits per heavy atom. The number of hydrogen-bond donors (Lipinski definition) is 1. The van der Waals surface area contributed by atoms with Gasteiger partial charge in [-0.15, -0.1) is 0 Å². The third-order valence-electron chi connectivity index (χ3n) is 2.77. The number of aliphatic hydroxyl groups is 1. The molecule has 0 aliphatic heterocycles. The van der Waals surface area contributed by atoms with Crippen LogP contribution in [0.3, 0.4) is 0 Å². The molecule has 17 heavy (non-hydrogen) atoms. The van der Waals surface area contributed by atoms with Crippen LogP contribution in [0.4, 0.5) is 4.39 Å². The summed E-state index contributed by atoms with van der Waals surface area (Å²) in [4.78, 5) is 0. The van der Waals surface area contributed by atoms with Crippen molar-refractivity contribution in [1.82, 2.24) is 0 Å². The molecule has 2 atom stereocenters. The third-order valence-corrected chi connectivity index (χ3v) is 2.77. The van der Waals surface area contributed by atoms with E-state index in [-0.39, 0.29) is 11.9 Å². The molecule has 0 radical (unpaired) electrons. The highest BCUT2D eigenvalue weighted by Crippen LogP contribution is 2.15. The third kappa shape index (κ3) is 4.44. The van der Waals surface area contributed by atoms with Crippen LogP contribution in [0.5, 0.6) is 0 Å². The zero-order chi connectivity index (χ0) is 12.7. The summed E-state index contributed by atoms with van der Waals surface area (Å²) >= 11 is 0. The number of aliphatic hydroxyl groups excluding tert-OH is 1. The first-order valence-electron chi connectivity index (χ1n) is 6.22. The lowest BCUT2D eigenvalue weighted by molar-refractivity contribution is -0.0366. The molecular weight excluding hydrogens is 219 g/mol. The van der Waals surface area contributed by atoms with Crippen molar-refractivity contribution in [2.45, 2.75) is 45.3 Å². The molecule has 0 fully saturated rings. The average Bonchev–Trinajstić information content (AvgIpc) is 2.32. The van der Waals surface area contributed by atoms with E-state index in [9.17, 15) is 9.50 Å². The highest BCUT2D eigenvalue weighted by molar-refractivity contribution is 5.18. The number of ether oxygens (including phenoxy) is 1. The van der Waals surface area contributed by atoms with Gasteiger partial charge in [-0.1, -0.05) is 31.5 Å². The smallest absolute Gasteiger partial charge is 0.126 e. The average molecular weight is 240 g/mol. The minimum absolute atomic E-state index is 0.204. The number of hydrogen-bond acceptors (Lipinski definition) is 2. The van der Waals surface area contributed by atoms with Crippen LogP contribution in [0.2, 0.25) is 0 Å². The highest BCUT2D eigenvalue weighted by Gasteiger charge is 2.20. The highest BCUT2D eigenvalue weighted by atomic mass is 19.1. The van der Waals surface area contributed by atoms with Crippen LogP contribution >= 0.6 is 0 Å². The van der Waals surface area contributed by atoms with Crippen molar-refractivity contribution in [3.63, 3.8) is 0 Å². The van der Waals surface area contributed by atoms with E-state index in [1.807, 2.05) is 13.8 Å². The molecular formula is C14H21FO2. The Bertz CT molecular complexity index is 322. The predicted octanol–water partition coefficient (Wildman–Crippen LogP) is 2.93. The Kier molecular flexibility index (Phi) is 6.16. The second-order valence-corrected chi connectivity index (χ2v) is 4.15. The maximum Gasteiger partial charge on any atom is 0.126 e. The Hall–Kier alpha value is -0.930. The normalized spacial score (nSPS) is 14.6. The van der Waals surface area contributed by atoms with E-state index in [1.54, 1.807) is 18.2 Å². The van der Waals surface area contributed by atoms with Gasteiger partial charge in [-0.3, -0.25) is 0 Å². The predicted molar refractivity (Wildman–Crippen MR) is 66.4 cm³/mol. The lowest BCUT2D eigenvalue weighted by atomic mass is 10.0. The first kappa shape index (κ1) is 14.1. The zero-order valence-electron chi connectivity index (χ0n) is 10.5. The number of benzene rings is 1. The Labute approximate surface area is 102 Å². The molecule has 2 unspecified atom stereocenters. The van der Waals surface area contributed by atoms with Crippen LogP contribution in [0.1, 0.15) is 32.3 Å². The molecule has 0 aromatic heterocycles. The molecule has 0 saturated carbocycles. The van der Waals surface area contributed by atoms with Gasteiger partial charge in [-0.2, -0.15) is 0 Å². The van der Waals surface area contributed by atoms with Gasteiger partial charge in [0, 0.05) is 13.0 Å². The second-order valence-electron chi connectivity index (χ2n) is 4.15. The molecule has 1 aromatic carbocycles. The van der Waals surface area contributed by atoms with Crippen molar-refractivity contribution >= 4 is 0 Å². The van der Waals surface area contributed by atoms with Crippen molar-refractivity contribution in [3.05, 3.63) is 35.6 Å². The van der Waals surface area contributed by atoms with Crippen molar-refractivity contribution in [3.8, 4) is 0 Å². The molecule has 0 bridgehead atoms. The molecule has 0 saturated heterocycles. The largest absolute Gasteiger partial charge is 0.390 e. The van der Waals surface area contributed by atoms with Gasteiger partial charge in [0.05, 0.1) is 12.2 Å². The van der Waals surface area contributed by atoms with Gasteiger partial charge in [-0.05, 0) is 25.0 Å². The van der Waals surface area contributed by atoms with E-state index in [1.165, 1.54) is 6.07 Å². The molecule has 0 spiro atoms. The molecule has 1 rings (SSSR count). The van der Waals surface area contributed by atoms with E-state index >= 15 is 0 Å². The van der Waals surface area contributed by atoms with E-state index in [0.29, 0.717) is 18.6 Å². The summed E-state index contributed by atoms with van der Waals surface area (Å²) in [7, 11) is 0. The van der Waals surface area contributed by atoms with Crippen molar-refractivity contribution in [2.75, 3.05) is 6.61 Å². The fourth-order valence-corrected chi connectivity index (χ4v) is 1.91. The van der Waals surface area contributed by atoms with Crippen LogP contribution in [-0.2, 0) is 11.2 Å². The summed E-state index contributed by atoms with van der Waals surface area (Å²) in [6.45, 7) is 4.51. The van der Waals surface area contributed by atoms with Gasteiger partial charge < -0.3 is 9.84 Å². The molecule has 0 amide bonds. The number of halogens is 1. The minimum Gasteiger partial charge on any atom is -0.390 e. The monoisotopic (exact) mass is 240 g/mol. The summed E-state index contributed by atoms with van der Waals surface area (Å²) < 4.78 is 18.9. The maximum atomic E-state index is 13.4. The SMILES string of the molecule is CCCC(OCC)C(O)Cc1ccccc1F. The van der Waals surface area contributed by atoms with Gasteiger partial charge in [0.15, 0.2) is 0 Å². The molecule has 96 valence electrons. The van der Waals surface area contributed by atoms with Crippen LogP contribution < -0.4 is 0 Å². The summed E-state index contributed by atoms with van der Waals surface area (Å²) in [6, 6.07) is 6.54. The van der Waals surface area contributed by atoms with E-state index < -0.39 is 6.10 Å². The Morgan fingerprint density at radius 1 is 1.29 bits per heavy atom. The van der Waals surface area contributed by atoms with E-state index in [4.69, 9.17) is 4.74 Å². The van der Waals surface area contributed by atoms with Crippen LogP contribution in [-0.4, -0.2) is 23.9 Å². The van der Waals surface area contributed by atoms with Gasteiger partial charge in [-0.25, -0.2) is 4.39 Å². The summed E-state index contributed by atoms with van der Waals surface area (Å²) in [5.74, 6) is -0.265. The van der Waals surface area contributed by atoms with E-state index in [2.05, 4.69) is 0 Å². The quantitative estimate of drug-likeness (QED) is 0.794. The molecule has 1 N–H and O–H groups in total. The summed E-state index contributed by atoms with van der Waals surface area (Å²) in [5.41, 5.74) is 0.542. The molecule has 0 aliphatic carbocycles. The summed E-state index contributed by atoms with van der Waals surface area (Å²) in [6.07, 6.45) is 1.19. The molecule has 0 heterocycles. The molecule has 1 aromatic rings. The molecule has 2 nitrogen and oxygen atoms in total. The first-order valence-corrected chi connectivity index (χ1v) is 6.22. The minimum atomic E-state index is -0.646. The van der Waals surface area contributed by atoms with E-state index in [0.717, 1.165) is 12.8 Å². The molecule has 3 heteroatoms. The van der Waals surface area contributed by atoms with Gasteiger partial charge in [0.25, 0.3) is 0 Å². The van der Waals surface area contributed by atoms with Gasteiger partial charge in [0.1, 0.15) is 5.82 Å². The van der Waals surface area contributed by atoms with Gasteiger partial charge >= 0.3 is 0 Å². The van der Waals surface area contributed by atoms with Crippen LogP contribution in [0, 0.1) is 5.82 Å². The van der Waals surface area contributed by atoms with Gasteiger partial charge in [0.2, 0.25) is 0 Å². The second kappa shape index (κ2) is 7.41. The lowest BCUT2D eigenvalue weighted by Gasteiger charge is -2.22. The Morgan fingerprint density at radius 2 is 2.00 bits per heavy atom. The standard InChI is InChI=1S/C14H21FO2/c1-3-7-14(17-4-2)13(16)10-11-8-5-6-9-12(11)15/h5-6,8-9,13-14,16H,3-4,7,10H2,1-2H3. The Balaban J connectivity index is 2.62. The van der Waals surface area contributed by atoms with Crippen molar-refractivity contribution < 1.29 is 14.2 Å². The number of rotatable bonds is 7. The summed E-state index contributed by atoms with van der Waals surface area (Å²) in [5, 5.41) is 10.1. The van der Waals surface area contributed by atoms with Crippen molar-refractivity contribution in [2.24, 2.45) is 0 Å². The first-order chi connectivity index (χ1) is 8.19. The topological polar surface area (TPSA) is 29.5 Å². The van der Waals surface area contributed by atoms with Crippen LogP contribution in [0.15, 0.2) is 24.3 Å². The van der Waals surface area contributed by atoms with Crippen molar-refractivity contribution in [1.29, 1.82) is 0 Å². The fourth-order valence-electron chi connectivity index (χ4n) is 1.91.